The monoisotopic (exact) mass is 172 g/mol. The van der Waals surface area contributed by atoms with Crippen molar-refractivity contribution >= 4 is 5.91 Å². The molecule has 0 saturated heterocycles. The van der Waals surface area contributed by atoms with Crippen LogP contribution in [0.2, 0.25) is 0 Å². The third-order valence-electron chi connectivity index (χ3n) is 2.26. The lowest BCUT2D eigenvalue weighted by Crippen LogP contribution is -2.43. The average Bonchev–Trinajstić information content (AvgIpc) is 2.00. The highest BCUT2D eigenvalue weighted by Gasteiger charge is 2.16. The fourth-order valence-electron chi connectivity index (χ4n) is 0.655. The van der Waals surface area contributed by atoms with Gasteiger partial charge in [0.15, 0.2) is 0 Å². The summed E-state index contributed by atoms with van der Waals surface area (Å²) in [7, 11) is 0. The van der Waals surface area contributed by atoms with Crippen LogP contribution in [0.5, 0.6) is 0 Å². The molecule has 0 bridgehead atoms. The molecule has 3 heteroatoms. The van der Waals surface area contributed by atoms with Crippen LogP contribution in [0, 0.1) is 5.92 Å². The lowest BCUT2D eigenvalue weighted by molar-refractivity contribution is -0.121. The van der Waals surface area contributed by atoms with Crippen LogP contribution in [0.1, 0.15) is 34.1 Å². The van der Waals surface area contributed by atoms with E-state index in [9.17, 15) is 4.79 Å². The smallest absolute Gasteiger partial charge is 0.221 e. The molecule has 0 radical (unpaired) electrons. The molecule has 0 aromatic rings. The lowest BCUT2D eigenvalue weighted by atomic mass is 10.0. The van der Waals surface area contributed by atoms with Gasteiger partial charge in [-0.15, -0.1) is 0 Å². The zero-order valence-corrected chi connectivity index (χ0v) is 8.48. The van der Waals surface area contributed by atoms with Crippen molar-refractivity contribution in [1.82, 2.24) is 5.32 Å². The topological polar surface area (TPSA) is 55.1 Å². The summed E-state index contributed by atoms with van der Waals surface area (Å²) in [6.45, 7) is 8.83. The van der Waals surface area contributed by atoms with Gasteiger partial charge in [0.2, 0.25) is 5.91 Å². The van der Waals surface area contributed by atoms with Gasteiger partial charge >= 0.3 is 0 Å². The zero-order valence-electron chi connectivity index (χ0n) is 8.48. The molecule has 1 unspecified atom stereocenters. The van der Waals surface area contributed by atoms with Gasteiger partial charge < -0.3 is 11.1 Å². The summed E-state index contributed by atoms with van der Waals surface area (Å²) in [5, 5.41) is 3.29. The molecule has 0 aliphatic carbocycles. The Bertz CT molecular complexity index is 155. The van der Waals surface area contributed by atoms with Gasteiger partial charge in [0.25, 0.3) is 0 Å². The van der Waals surface area contributed by atoms with Crippen molar-refractivity contribution in [3.8, 4) is 0 Å². The van der Waals surface area contributed by atoms with Crippen molar-refractivity contribution in [2.45, 2.75) is 39.7 Å². The SMILES string of the molecule is CCC(C)(C)NCC(C)C(N)=O. The van der Waals surface area contributed by atoms with Gasteiger partial charge in [0, 0.05) is 18.0 Å². The van der Waals surface area contributed by atoms with Crippen LogP contribution in [-0.2, 0) is 4.79 Å². The summed E-state index contributed by atoms with van der Waals surface area (Å²) < 4.78 is 0. The minimum atomic E-state index is -0.241. The summed E-state index contributed by atoms with van der Waals surface area (Å²) in [6, 6.07) is 0. The van der Waals surface area contributed by atoms with Crippen LogP contribution in [0.3, 0.4) is 0 Å². The Hall–Kier alpha value is -0.570. The number of hydrogen-bond acceptors (Lipinski definition) is 2. The standard InChI is InChI=1S/C9H20N2O/c1-5-9(3,4)11-6-7(2)8(10)12/h7,11H,5-6H2,1-4H3,(H2,10,12). The summed E-state index contributed by atoms with van der Waals surface area (Å²) >= 11 is 0. The molecule has 0 heterocycles. The number of primary amides is 1. The van der Waals surface area contributed by atoms with Crippen LogP contribution in [0.4, 0.5) is 0 Å². The molecule has 0 aromatic heterocycles. The third kappa shape index (κ3) is 4.34. The van der Waals surface area contributed by atoms with E-state index in [4.69, 9.17) is 5.73 Å². The summed E-state index contributed by atoms with van der Waals surface area (Å²) in [6.07, 6.45) is 1.04. The van der Waals surface area contributed by atoms with Crippen molar-refractivity contribution in [2.24, 2.45) is 11.7 Å². The van der Waals surface area contributed by atoms with Crippen molar-refractivity contribution in [3.05, 3.63) is 0 Å². The average molecular weight is 172 g/mol. The van der Waals surface area contributed by atoms with E-state index >= 15 is 0 Å². The predicted octanol–water partition coefficient (Wildman–Crippen LogP) is 0.886. The van der Waals surface area contributed by atoms with Crippen LogP contribution < -0.4 is 11.1 Å². The number of nitrogens with one attached hydrogen (secondary N) is 1. The normalized spacial score (nSPS) is 14.3. The summed E-state index contributed by atoms with van der Waals surface area (Å²) in [5.74, 6) is -0.328. The maximum Gasteiger partial charge on any atom is 0.221 e. The van der Waals surface area contributed by atoms with E-state index in [2.05, 4.69) is 26.1 Å². The quantitative estimate of drug-likeness (QED) is 0.647. The van der Waals surface area contributed by atoms with E-state index in [-0.39, 0.29) is 17.4 Å². The highest BCUT2D eigenvalue weighted by Crippen LogP contribution is 2.07. The molecule has 1 atom stereocenters. The van der Waals surface area contributed by atoms with Gasteiger partial charge in [-0.25, -0.2) is 0 Å². The Morgan fingerprint density at radius 3 is 2.42 bits per heavy atom. The molecule has 3 N–H and O–H groups in total. The number of amides is 1. The van der Waals surface area contributed by atoms with Crippen molar-refractivity contribution in [2.75, 3.05) is 6.54 Å². The Morgan fingerprint density at radius 2 is 2.08 bits per heavy atom. The van der Waals surface area contributed by atoms with Crippen LogP contribution >= 0.6 is 0 Å². The Labute approximate surface area is 74.7 Å². The van der Waals surface area contributed by atoms with Crippen molar-refractivity contribution in [3.63, 3.8) is 0 Å². The Morgan fingerprint density at radius 1 is 1.58 bits per heavy atom. The first kappa shape index (κ1) is 11.4. The first-order valence-corrected chi connectivity index (χ1v) is 4.43. The first-order chi connectivity index (χ1) is 5.39. The molecule has 0 aliphatic rings. The molecule has 1 amide bonds. The molecule has 3 nitrogen and oxygen atoms in total. The zero-order chi connectivity index (χ0) is 9.78. The van der Waals surface area contributed by atoms with Gasteiger partial charge in [-0.1, -0.05) is 13.8 Å². The highest BCUT2D eigenvalue weighted by molar-refractivity contribution is 5.76. The molecule has 0 fully saturated rings. The van der Waals surface area contributed by atoms with Gasteiger partial charge in [-0.05, 0) is 20.3 Å². The second kappa shape index (κ2) is 4.45. The minimum absolute atomic E-state index is 0.0872. The molecular formula is C9H20N2O. The number of carbonyl (C=O) groups excluding carboxylic acids is 1. The molecular weight excluding hydrogens is 152 g/mol. The van der Waals surface area contributed by atoms with Crippen LogP contribution in [-0.4, -0.2) is 18.0 Å². The van der Waals surface area contributed by atoms with Gasteiger partial charge in [-0.2, -0.15) is 0 Å². The summed E-state index contributed by atoms with van der Waals surface area (Å²) in [4.78, 5) is 10.7. The third-order valence-corrected chi connectivity index (χ3v) is 2.26. The molecule has 0 rings (SSSR count). The fraction of sp³-hybridized carbons (Fsp3) is 0.889. The maximum atomic E-state index is 10.7. The molecule has 0 saturated carbocycles. The highest BCUT2D eigenvalue weighted by atomic mass is 16.1. The fourth-order valence-corrected chi connectivity index (χ4v) is 0.655. The number of carbonyl (C=O) groups is 1. The Kier molecular flexibility index (Phi) is 4.24. The van der Waals surface area contributed by atoms with Crippen LogP contribution in [0.15, 0.2) is 0 Å². The van der Waals surface area contributed by atoms with E-state index in [0.717, 1.165) is 6.42 Å². The second-order valence-corrected chi connectivity index (χ2v) is 3.92. The number of hydrogen-bond donors (Lipinski definition) is 2. The van der Waals surface area contributed by atoms with E-state index in [1.165, 1.54) is 0 Å². The van der Waals surface area contributed by atoms with Crippen molar-refractivity contribution < 1.29 is 4.79 Å². The van der Waals surface area contributed by atoms with E-state index in [1.807, 2.05) is 6.92 Å². The van der Waals surface area contributed by atoms with E-state index < -0.39 is 0 Å². The first-order valence-electron chi connectivity index (χ1n) is 4.43. The molecule has 72 valence electrons. The largest absolute Gasteiger partial charge is 0.369 e. The molecule has 0 aliphatic heterocycles. The Balaban J connectivity index is 3.75. The predicted molar refractivity (Wildman–Crippen MR) is 50.7 cm³/mol. The lowest BCUT2D eigenvalue weighted by Gasteiger charge is -2.25. The van der Waals surface area contributed by atoms with Crippen LogP contribution in [0.25, 0.3) is 0 Å². The second-order valence-electron chi connectivity index (χ2n) is 3.92. The van der Waals surface area contributed by atoms with Crippen molar-refractivity contribution in [1.29, 1.82) is 0 Å². The van der Waals surface area contributed by atoms with Gasteiger partial charge in [-0.3, -0.25) is 4.79 Å². The number of nitrogens with two attached hydrogens (primary N) is 1. The molecule has 0 aromatic carbocycles. The van der Waals surface area contributed by atoms with E-state index in [0.29, 0.717) is 6.54 Å². The number of rotatable bonds is 5. The summed E-state index contributed by atoms with van der Waals surface area (Å²) in [5.41, 5.74) is 5.23. The minimum Gasteiger partial charge on any atom is -0.369 e. The van der Waals surface area contributed by atoms with E-state index in [1.54, 1.807) is 0 Å². The van der Waals surface area contributed by atoms with Gasteiger partial charge in [0.05, 0.1) is 0 Å². The maximum absolute atomic E-state index is 10.7. The molecule has 12 heavy (non-hydrogen) atoms. The van der Waals surface area contributed by atoms with Gasteiger partial charge in [0.1, 0.15) is 0 Å². The molecule has 0 spiro atoms.